The lowest BCUT2D eigenvalue weighted by atomic mass is 9.84. The first-order valence-electron chi connectivity index (χ1n) is 13.2. The number of hydrogen-bond acceptors (Lipinski definition) is 7. The molecule has 3 rings (SSSR count). The molecule has 0 radical (unpaired) electrons. The lowest BCUT2D eigenvalue weighted by molar-refractivity contribution is -0.192. The molecular formula is C28H37F3N4O6S. The number of sulfonamides is 1. The highest BCUT2D eigenvalue weighted by molar-refractivity contribution is 7.89. The fourth-order valence-corrected chi connectivity index (χ4v) is 5.48. The van der Waals surface area contributed by atoms with Crippen LogP contribution in [0.3, 0.4) is 0 Å². The molecule has 1 amide bonds. The van der Waals surface area contributed by atoms with E-state index in [0.29, 0.717) is 43.7 Å². The predicted molar refractivity (Wildman–Crippen MR) is 155 cm³/mol. The van der Waals surface area contributed by atoms with Crippen molar-refractivity contribution < 1.29 is 41.4 Å². The summed E-state index contributed by atoms with van der Waals surface area (Å²) in [5.41, 5.74) is 16.8. The van der Waals surface area contributed by atoms with Crippen LogP contribution in [-0.2, 0) is 21.4 Å². The SMILES string of the molecule is C=C(c1cc(-c2ccc(CNC(C)CO)cc2)cc(C(N)=O)c1N)C1CCN(S(=O)(=O)CC)CC1.O=C(O)C(F)(F)F. The van der Waals surface area contributed by atoms with Crippen molar-refractivity contribution in [1.82, 2.24) is 9.62 Å². The number of piperidine rings is 1. The number of primary amides is 1. The number of aliphatic hydroxyl groups is 1. The molecule has 1 fully saturated rings. The number of carboxylic acid groups (broad SMARTS) is 1. The van der Waals surface area contributed by atoms with E-state index in [1.807, 2.05) is 37.3 Å². The zero-order valence-corrected chi connectivity index (χ0v) is 24.3. The smallest absolute Gasteiger partial charge is 0.475 e. The zero-order chi connectivity index (χ0) is 31.8. The Kier molecular flexibility index (Phi) is 12.1. The maximum absolute atomic E-state index is 12.2. The zero-order valence-electron chi connectivity index (χ0n) is 23.4. The van der Waals surface area contributed by atoms with Crippen LogP contribution in [0.5, 0.6) is 0 Å². The maximum Gasteiger partial charge on any atom is 0.490 e. The fraction of sp³-hybridized carbons (Fsp3) is 0.429. The molecule has 2 aromatic carbocycles. The van der Waals surface area contributed by atoms with E-state index in [-0.39, 0.29) is 29.9 Å². The monoisotopic (exact) mass is 614 g/mol. The van der Waals surface area contributed by atoms with Gasteiger partial charge in [0.25, 0.3) is 5.91 Å². The van der Waals surface area contributed by atoms with Crippen LogP contribution in [0.15, 0.2) is 43.0 Å². The highest BCUT2D eigenvalue weighted by Gasteiger charge is 2.38. The summed E-state index contributed by atoms with van der Waals surface area (Å²) >= 11 is 0. The number of hydrogen-bond donors (Lipinski definition) is 5. The number of amides is 1. The number of carbonyl (C=O) groups excluding carboxylic acids is 1. The number of nitrogen functional groups attached to an aromatic ring is 1. The Morgan fingerprint density at radius 1 is 1.12 bits per heavy atom. The van der Waals surface area contributed by atoms with E-state index < -0.39 is 28.1 Å². The number of anilines is 1. The Bertz CT molecular complexity index is 1370. The summed E-state index contributed by atoms with van der Waals surface area (Å²) < 4.78 is 57.7. The number of halogens is 3. The first kappa shape index (κ1) is 34.7. The van der Waals surface area contributed by atoms with Crippen LogP contribution in [0, 0.1) is 5.92 Å². The van der Waals surface area contributed by atoms with Gasteiger partial charge in [-0.2, -0.15) is 13.2 Å². The molecule has 1 aliphatic rings. The Balaban J connectivity index is 0.000000782. The van der Waals surface area contributed by atoms with Gasteiger partial charge in [0, 0.05) is 31.2 Å². The molecule has 0 aromatic heterocycles. The molecule has 42 heavy (non-hydrogen) atoms. The van der Waals surface area contributed by atoms with Crippen LogP contribution in [0.2, 0.25) is 0 Å². The third-order valence-corrected chi connectivity index (χ3v) is 8.84. The van der Waals surface area contributed by atoms with Gasteiger partial charge in [-0.1, -0.05) is 30.8 Å². The molecule has 2 aromatic rings. The van der Waals surface area contributed by atoms with Gasteiger partial charge in [-0.3, -0.25) is 4.79 Å². The predicted octanol–water partition coefficient (Wildman–Crippen LogP) is 3.21. The lowest BCUT2D eigenvalue weighted by Crippen LogP contribution is -2.39. The van der Waals surface area contributed by atoms with E-state index in [1.165, 1.54) is 4.31 Å². The number of allylic oxidation sites excluding steroid dienone is 1. The van der Waals surface area contributed by atoms with Crippen molar-refractivity contribution in [3.05, 3.63) is 59.7 Å². The molecule has 232 valence electrons. The summed E-state index contributed by atoms with van der Waals surface area (Å²) in [5.74, 6) is -3.22. The van der Waals surface area contributed by atoms with E-state index in [9.17, 15) is 31.5 Å². The number of aliphatic hydroxyl groups excluding tert-OH is 1. The van der Waals surface area contributed by atoms with E-state index in [1.54, 1.807) is 13.0 Å². The molecule has 0 saturated carbocycles. The maximum atomic E-state index is 12.2. The van der Waals surface area contributed by atoms with Crippen LogP contribution in [0.4, 0.5) is 18.9 Å². The molecule has 1 saturated heterocycles. The third-order valence-electron chi connectivity index (χ3n) is 6.95. The van der Waals surface area contributed by atoms with Crippen LogP contribution in [0.25, 0.3) is 16.7 Å². The number of rotatable bonds is 10. The van der Waals surface area contributed by atoms with Crippen molar-refractivity contribution in [2.75, 3.05) is 31.2 Å². The van der Waals surface area contributed by atoms with Crippen LogP contribution in [-0.4, -0.2) is 72.5 Å². The Morgan fingerprint density at radius 3 is 2.10 bits per heavy atom. The number of nitrogens with zero attached hydrogens (tertiary/aromatic N) is 1. The average molecular weight is 615 g/mol. The number of carboxylic acids is 1. The fourth-order valence-electron chi connectivity index (χ4n) is 4.35. The largest absolute Gasteiger partial charge is 0.490 e. The molecule has 1 atom stereocenters. The molecule has 1 heterocycles. The van der Waals surface area contributed by atoms with E-state index >= 15 is 0 Å². The summed E-state index contributed by atoms with van der Waals surface area (Å²) in [5, 5.41) is 19.5. The van der Waals surface area contributed by atoms with Crippen molar-refractivity contribution in [2.45, 2.75) is 45.5 Å². The molecule has 0 aliphatic carbocycles. The number of nitrogens with one attached hydrogen (secondary N) is 1. The second kappa shape index (κ2) is 14.6. The van der Waals surface area contributed by atoms with Crippen molar-refractivity contribution in [3.8, 4) is 11.1 Å². The minimum atomic E-state index is -5.08. The topological polar surface area (TPSA) is 176 Å². The second-order valence-corrected chi connectivity index (χ2v) is 12.2. The van der Waals surface area contributed by atoms with Crippen molar-refractivity contribution in [2.24, 2.45) is 11.7 Å². The van der Waals surface area contributed by atoms with Gasteiger partial charge in [0.1, 0.15) is 0 Å². The lowest BCUT2D eigenvalue weighted by Gasteiger charge is -2.32. The van der Waals surface area contributed by atoms with Gasteiger partial charge in [-0.25, -0.2) is 17.5 Å². The Morgan fingerprint density at radius 2 is 1.64 bits per heavy atom. The molecule has 7 N–H and O–H groups in total. The third kappa shape index (κ3) is 9.28. The normalized spacial score (nSPS) is 15.4. The summed E-state index contributed by atoms with van der Waals surface area (Å²) in [6.45, 7) is 9.42. The van der Waals surface area contributed by atoms with Gasteiger partial charge in [0.15, 0.2) is 0 Å². The summed E-state index contributed by atoms with van der Waals surface area (Å²) in [4.78, 5) is 21.1. The van der Waals surface area contributed by atoms with E-state index in [4.69, 9.17) is 21.4 Å². The molecule has 1 unspecified atom stereocenters. The van der Waals surface area contributed by atoms with Crippen molar-refractivity contribution in [1.29, 1.82) is 0 Å². The minimum Gasteiger partial charge on any atom is -0.475 e. The number of carbonyl (C=O) groups is 2. The molecule has 14 heteroatoms. The second-order valence-electron chi connectivity index (χ2n) is 9.91. The highest BCUT2D eigenvalue weighted by atomic mass is 32.2. The number of benzene rings is 2. The van der Waals surface area contributed by atoms with Crippen LogP contribution >= 0.6 is 0 Å². The van der Waals surface area contributed by atoms with Gasteiger partial charge in [0.2, 0.25) is 10.0 Å². The van der Waals surface area contributed by atoms with Gasteiger partial charge in [-0.05, 0) is 67.0 Å². The molecular weight excluding hydrogens is 577 g/mol. The highest BCUT2D eigenvalue weighted by Crippen LogP contribution is 2.38. The summed E-state index contributed by atoms with van der Waals surface area (Å²) in [6.07, 6.45) is -3.80. The van der Waals surface area contributed by atoms with Gasteiger partial charge in [-0.15, -0.1) is 0 Å². The van der Waals surface area contributed by atoms with E-state index in [0.717, 1.165) is 22.3 Å². The van der Waals surface area contributed by atoms with Crippen molar-refractivity contribution in [3.63, 3.8) is 0 Å². The minimum absolute atomic E-state index is 0.00687. The molecule has 10 nitrogen and oxygen atoms in total. The molecule has 0 bridgehead atoms. The number of aliphatic carboxylic acids is 1. The molecule has 0 spiro atoms. The van der Waals surface area contributed by atoms with Crippen molar-refractivity contribution >= 4 is 33.2 Å². The van der Waals surface area contributed by atoms with Crippen LogP contribution in [0.1, 0.15) is 48.2 Å². The van der Waals surface area contributed by atoms with Gasteiger partial charge >= 0.3 is 12.1 Å². The Labute approximate surface area is 243 Å². The quantitative estimate of drug-likeness (QED) is 0.254. The first-order valence-corrected chi connectivity index (χ1v) is 14.8. The Hall–Kier alpha value is -3.46. The van der Waals surface area contributed by atoms with Gasteiger partial charge in [0.05, 0.1) is 23.6 Å². The standard InChI is InChI=1S/C26H36N4O4S.C2HF3O2/c1-4-35(33,34)30-11-9-20(10-12-30)18(3)23-13-22(14-24(25(23)27)26(28)32)21-7-5-19(6-8-21)15-29-17(2)16-31;3-2(4,5)1(6)7/h5-8,13-14,17,20,29,31H,3-4,9-12,15-16,27H2,1-2H3,(H2,28,32);(H,6,7). The summed E-state index contributed by atoms with van der Waals surface area (Å²) in [7, 11) is -3.22. The first-order chi connectivity index (χ1) is 19.5. The summed E-state index contributed by atoms with van der Waals surface area (Å²) in [6, 6.07) is 11.6. The van der Waals surface area contributed by atoms with E-state index in [2.05, 4.69) is 11.9 Å². The number of nitrogens with two attached hydrogens (primary N) is 2. The van der Waals surface area contributed by atoms with Crippen LogP contribution < -0.4 is 16.8 Å². The average Bonchev–Trinajstić information content (AvgIpc) is 2.95. The number of alkyl halides is 3. The molecule has 1 aliphatic heterocycles. The van der Waals surface area contributed by atoms with Gasteiger partial charge < -0.3 is 27.0 Å².